The first-order chi connectivity index (χ1) is 14.4. The molecule has 1 aromatic heterocycles. The van der Waals surface area contributed by atoms with Crippen LogP contribution in [0.2, 0.25) is 5.02 Å². The van der Waals surface area contributed by atoms with Crippen molar-refractivity contribution in [2.24, 2.45) is 0 Å². The third-order valence-corrected chi connectivity index (χ3v) is 4.60. The average Bonchev–Trinajstić information content (AvgIpc) is 2.73. The molecular formula is C22H14ClF2N3O2. The van der Waals surface area contributed by atoms with Crippen LogP contribution in [0, 0.1) is 11.6 Å². The predicted octanol–water partition coefficient (Wildman–Crippen LogP) is 5.21. The summed E-state index contributed by atoms with van der Waals surface area (Å²) in [4.78, 5) is 12.8. The number of benzene rings is 3. The van der Waals surface area contributed by atoms with Crippen LogP contribution in [0.1, 0.15) is 0 Å². The average molecular weight is 426 g/mol. The molecule has 0 aliphatic carbocycles. The van der Waals surface area contributed by atoms with Gasteiger partial charge in [-0.15, -0.1) is 0 Å². The van der Waals surface area contributed by atoms with E-state index in [1.165, 1.54) is 18.3 Å². The quantitative estimate of drug-likeness (QED) is 0.487. The van der Waals surface area contributed by atoms with Gasteiger partial charge in [0.2, 0.25) is 5.75 Å². The van der Waals surface area contributed by atoms with Crippen LogP contribution in [0.3, 0.4) is 0 Å². The Morgan fingerprint density at radius 1 is 0.967 bits per heavy atom. The summed E-state index contributed by atoms with van der Waals surface area (Å²) in [5.41, 5.74) is 6.68. The Morgan fingerprint density at radius 3 is 2.33 bits per heavy atom. The number of rotatable bonds is 4. The fourth-order valence-electron chi connectivity index (χ4n) is 2.86. The number of hydrogen-bond donors (Lipinski definition) is 1. The number of anilines is 1. The van der Waals surface area contributed by atoms with E-state index in [-0.39, 0.29) is 17.0 Å². The van der Waals surface area contributed by atoms with Crippen molar-refractivity contribution >= 4 is 17.3 Å². The molecule has 0 unspecified atom stereocenters. The first-order valence-corrected chi connectivity index (χ1v) is 9.17. The number of nitrogens with two attached hydrogens (primary N) is 1. The zero-order valence-corrected chi connectivity index (χ0v) is 16.1. The second-order valence-corrected chi connectivity index (χ2v) is 6.81. The smallest absolute Gasteiger partial charge is 0.316 e. The normalized spacial score (nSPS) is 10.8. The molecule has 0 fully saturated rings. The van der Waals surface area contributed by atoms with Gasteiger partial charge < -0.3 is 10.5 Å². The van der Waals surface area contributed by atoms with Gasteiger partial charge in [0.25, 0.3) is 0 Å². The van der Waals surface area contributed by atoms with Crippen molar-refractivity contribution in [2.75, 3.05) is 5.73 Å². The van der Waals surface area contributed by atoms with Gasteiger partial charge in [-0.2, -0.15) is 9.78 Å². The molecule has 1 heterocycles. The maximum absolute atomic E-state index is 14.0. The van der Waals surface area contributed by atoms with Gasteiger partial charge in [-0.3, -0.25) is 4.79 Å². The van der Waals surface area contributed by atoms with Crippen LogP contribution in [0.25, 0.3) is 16.8 Å². The molecule has 4 rings (SSSR count). The molecule has 0 amide bonds. The van der Waals surface area contributed by atoms with E-state index in [2.05, 4.69) is 5.10 Å². The lowest BCUT2D eigenvalue weighted by Crippen LogP contribution is -2.23. The summed E-state index contributed by atoms with van der Waals surface area (Å²) < 4.78 is 33.9. The molecule has 0 atom stereocenters. The number of nitrogens with zero attached hydrogens (tertiary/aromatic N) is 2. The van der Waals surface area contributed by atoms with Crippen molar-refractivity contribution in [3.8, 4) is 28.3 Å². The Morgan fingerprint density at radius 2 is 1.67 bits per heavy atom. The maximum Gasteiger partial charge on any atom is 0.316 e. The number of nitrogen functional groups attached to an aromatic ring is 1. The highest BCUT2D eigenvalue weighted by Gasteiger charge is 2.14. The Balaban J connectivity index is 1.65. The summed E-state index contributed by atoms with van der Waals surface area (Å²) in [6, 6.07) is 16.2. The fraction of sp³-hybridized carbons (Fsp3) is 0. The van der Waals surface area contributed by atoms with Crippen molar-refractivity contribution in [2.45, 2.75) is 0 Å². The number of hydrogen-bond acceptors (Lipinski definition) is 4. The van der Waals surface area contributed by atoms with Gasteiger partial charge in [0.1, 0.15) is 23.1 Å². The highest BCUT2D eigenvalue weighted by Crippen LogP contribution is 2.28. The minimum absolute atomic E-state index is 0.0684. The highest BCUT2D eigenvalue weighted by atomic mass is 35.5. The van der Waals surface area contributed by atoms with Crippen LogP contribution in [0.4, 0.5) is 14.5 Å². The number of ether oxygens (including phenoxy) is 1. The van der Waals surface area contributed by atoms with E-state index in [0.29, 0.717) is 22.0 Å². The molecule has 0 spiro atoms. The summed E-state index contributed by atoms with van der Waals surface area (Å²) in [5.74, 6) is -1.10. The minimum atomic E-state index is -0.673. The van der Waals surface area contributed by atoms with E-state index in [9.17, 15) is 13.6 Å². The zero-order valence-electron chi connectivity index (χ0n) is 15.4. The van der Waals surface area contributed by atoms with Crippen LogP contribution in [0.5, 0.6) is 11.5 Å². The molecule has 0 saturated heterocycles. The van der Waals surface area contributed by atoms with Crippen molar-refractivity contribution in [3.05, 3.63) is 99.9 Å². The van der Waals surface area contributed by atoms with Crippen LogP contribution < -0.4 is 16.0 Å². The fourth-order valence-corrected chi connectivity index (χ4v) is 2.99. The van der Waals surface area contributed by atoms with Crippen LogP contribution >= 0.6 is 11.6 Å². The largest absolute Gasteiger partial charge is 0.449 e. The van der Waals surface area contributed by atoms with Gasteiger partial charge in [-0.1, -0.05) is 23.7 Å². The first kappa shape index (κ1) is 19.6. The van der Waals surface area contributed by atoms with E-state index in [1.54, 1.807) is 48.5 Å². The summed E-state index contributed by atoms with van der Waals surface area (Å²) in [6.45, 7) is 0. The molecule has 2 N–H and O–H groups in total. The summed E-state index contributed by atoms with van der Waals surface area (Å²) in [7, 11) is 0. The predicted molar refractivity (Wildman–Crippen MR) is 111 cm³/mol. The van der Waals surface area contributed by atoms with Gasteiger partial charge >= 0.3 is 5.56 Å². The molecule has 0 aliphatic rings. The first-order valence-electron chi connectivity index (χ1n) is 8.79. The van der Waals surface area contributed by atoms with Crippen molar-refractivity contribution < 1.29 is 13.5 Å². The van der Waals surface area contributed by atoms with Gasteiger partial charge in [-0.05, 0) is 54.1 Å². The standard InChI is InChI=1S/C22H14ClF2N3O2/c23-14-3-6-16(7-4-14)28-22(29)21(20(26)12-27-28)30-17-8-1-13(2-9-17)18-10-5-15(24)11-19(18)25/h1-12H,26H2. The lowest BCUT2D eigenvalue weighted by atomic mass is 10.1. The number of halogens is 3. The Bertz CT molecular complexity index is 1270. The second kappa shape index (κ2) is 7.96. The van der Waals surface area contributed by atoms with Crippen molar-refractivity contribution in [1.82, 2.24) is 9.78 Å². The molecule has 4 aromatic rings. The molecule has 0 bridgehead atoms. The zero-order chi connectivity index (χ0) is 21.3. The molecule has 0 radical (unpaired) electrons. The van der Waals surface area contributed by atoms with Gasteiger partial charge in [0, 0.05) is 16.7 Å². The third-order valence-electron chi connectivity index (χ3n) is 4.35. The van der Waals surface area contributed by atoms with Crippen LogP contribution in [0.15, 0.2) is 77.7 Å². The molecule has 0 aliphatic heterocycles. The van der Waals surface area contributed by atoms with Gasteiger partial charge in [0.05, 0.1) is 11.9 Å². The van der Waals surface area contributed by atoms with Gasteiger partial charge in [0.15, 0.2) is 0 Å². The number of aromatic nitrogens is 2. The molecule has 150 valence electrons. The lowest BCUT2D eigenvalue weighted by Gasteiger charge is -2.11. The van der Waals surface area contributed by atoms with Gasteiger partial charge in [-0.25, -0.2) is 8.78 Å². The monoisotopic (exact) mass is 425 g/mol. The van der Waals surface area contributed by atoms with Crippen molar-refractivity contribution in [1.29, 1.82) is 0 Å². The van der Waals surface area contributed by atoms with E-state index >= 15 is 0 Å². The van der Waals surface area contributed by atoms with E-state index < -0.39 is 17.2 Å². The molecule has 8 heteroatoms. The topological polar surface area (TPSA) is 70.1 Å². The Kier molecular flexibility index (Phi) is 5.20. The lowest BCUT2D eigenvalue weighted by molar-refractivity contribution is 0.470. The van der Waals surface area contributed by atoms with E-state index in [1.807, 2.05) is 0 Å². The maximum atomic E-state index is 14.0. The summed E-state index contributed by atoms with van der Waals surface area (Å²) >= 11 is 5.88. The summed E-state index contributed by atoms with van der Waals surface area (Å²) in [6.07, 6.45) is 1.31. The minimum Gasteiger partial charge on any atom is -0.449 e. The summed E-state index contributed by atoms with van der Waals surface area (Å²) in [5, 5.41) is 4.56. The molecule has 3 aromatic carbocycles. The van der Waals surface area contributed by atoms with Crippen molar-refractivity contribution in [3.63, 3.8) is 0 Å². The second-order valence-electron chi connectivity index (χ2n) is 6.37. The van der Waals surface area contributed by atoms with Crippen LogP contribution in [-0.2, 0) is 0 Å². The Hall–Kier alpha value is -3.71. The van der Waals surface area contributed by atoms with E-state index in [0.717, 1.165) is 10.7 Å². The highest BCUT2D eigenvalue weighted by molar-refractivity contribution is 6.30. The molecule has 30 heavy (non-hydrogen) atoms. The molecule has 5 nitrogen and oxygen atoms in total. The molecular weight excluding hydrogens is 412 g/mol. The van der Waals surface area contributed by atoms with E-state index in [4.69, 9.17) is 22.1 Å². The Labute approximate surface area is 174 Å². The SMILES string of the molecule is Nc1cnn(-c2ccc(Cl)cc2)c(=O)c1Oc1ccc(-c2ccc(F)cc2F)cc1. The third kappa shape index (κ3) is 3.88. The van der Waals surface area contributed by atoms with Crippen LogP contribution in [-0.4, -0.2) is 9.78 Å². The molecule has 0 saturated carbocycles.